The normalized spacial score (nSPS) is 17.7. The highest BCUT2D eigenvalue weighted by Crippen LogP contribution is 2.22. The Morgan fingerprint density at radius 1 is 1.23 bits per heavy atom. The number of halogens is 2. The van der Waals surface area contributed by atoms with Gasteiger partial charge in [0, 0.05) is 47.5 Å². The third-order valence-electron chi connectivity index (χ3n) is 4.77. The summed E-state index contributed by atoms with van der Waals surface area (Å²) < 4.78 is 30.9. The van der Waals surface area contributed by atoms with Gasteiger partial charge in [-0.2, -0.15) is 0 Å². The van der Waals surface area contributed by atoms with Gasteiger partial charge in [0.15, 0.2) is 5.96 Å². The predicted octanol–water partition coefficient (Wildman–Crippen LogP) is 2.92. The summed E-state index contributed by atoms with van der Waals surface area (Å²) in [6.07, 6.45) is 0. The molecule has 0 aromatic heterocycles. The molecule has 9 heteroatoms. The number of aliphatic imine (C=N–C) groups is 1. The van der Waals surface area contributed by atoms with E-state index in [2.05, 4.69) is 15.5 Å². The molecule has 0 spiro atoms. The Balaban J connectivity index is 0.00000450. The number of guanidine groups is 1. The molecule has 172 valence electrons. The quantitative estimate of drug-likeness (QED) is 0.294. The number of hydrogen-bond donors (Lipinski definition) is 2. The molecule has 1 heterocycles. The van der Waals surface area contributed by atoms with Crippen LogP contribution < -0.4 is 10.6 Å². The van der Waals surface area contributed by atoms with Crippen molar-refractivity contribution in [3.8, 4) is 0 Å². The standard InChI is InChI=1S/C21H35FN4O2S.HI/c1-5-23-20(24-10-15-29(27)21(2,3)4)25-16-19(26-11-13-28-14-12-26)17-6-8-18(22)9-7-17;/h6-9,19H,5,10-16H2,1-4H3,(H2,23,24,25);1H. The molecule has 0 aliphatic carbocycles. The van der Waals surface area contributed by atoms with Crippen LogP contribution in [0, 0.1) is 5.82 Å². The fraction of sp³-hybridized carbons (Fsp3) is 0.667. The van der Waals surface area contributed by atoms with Crippen molar-refractivity contribution < 1.29 is 13.3 Å². The summed E-state index contributed by atoms with van der Waals surface area (Å²) in [6.45, 7) is 12.9. The number of rotatable bonds is 8. The first-order valence-electron chi connectivity index (χ1n) is 10.3. The molecule has 30 heavy (non-hydrogen) atoms. The smallest absolute Gasteiger partial charge is 0.191 e. The van der Waals surface area contributed by atoms with Crippen LogP contribution in [0.2, 0.25) is 0 Å². The maximum atomic E-state index is 13.4. The van der Waals surface area contributed by atoms with Crippen molar-refractivity contribution in [3.63, 3.8) is 0 Å². The van der Waals surface area contributed by atoms with E-state index in [0.717, 1.165) is 25.2 Å². The molecular weight excluding hydrogens is 518 g/mol. The molecule has 1 aliphatic heterocycles. The van der Waals surface area contributed by atoms with Gasteiger partial charge in [0.1, 0.15) is 5.82 Å². The van der Waals surface area contributed by atoms with Gasteiger partial charge in [-0.15, -0.1) is 24.0 Å². The fourth-order valence-electron chi connectivity index (χ4n) is 3.09. The van der Waals surface area contributed by atoms with Crippen LogP contribution in [-0.2, 0) is 15.5 Å². The highest BCUT2D eigenvalue weighted by Gasteiger charge is 2.23. The van der Waals surface area contributed by atoms with Gasteiger partial charge in [0.2, 0.25) is 0 Å². The van der Waals surface area contributed by atoms with Crippen LogP contribution >= 0.6 is 24.0 Å². The van der Waals surface area contributed by atoms with Crippen LogP contribution in [-0.4, -0.2) is 71.5 Å². The number of nitrogens with one attached hydrogen (secondary N) is 2. The summed E-state index contributed by atoms with van der Waals surface area (Å²) in [5, 5.41) is 6.54. The lowest BCUT2D eigenvalue weighted by molar-refractivity contribution is 0.0179. The molecule has 2 atom stereocenters. The van der Waals surface area contributed by atoms with Gasteiger partial charge < -0.3 is 15.4 Å². The summed E-state index contributed by atoms with van der Waals surface area (Å²) in [4.78, 5) is 7.10. The van der Waals surface area contributed by atoms with Crippen molar-refractivity contribution in [2.45, 2.75) is 38.5 Å². The van der Waals surface area contributed by atoms with Crippen molar-refractivity contribution in [3.05, 3.63) is 35.6 Å². The minimum atomic E-state index is -0.909. The van der Waals surface area contributed by atoms with E-state index in [9.17, 15) is 8.60 Å². The average Bonchev–Trinajstić information content (AvgIpc) is 2.69. The molecule has 1 fully saturated rings. The van der Waals surface area contributed by atoms with E-state index >= 15 is 0 Å². The van der Waals surface area contributed by atoms with Gasteiger partial charge in [0.25, 0.3) is 0 Å². The SMILES string of the molecule is CCNC(=NCC(c1ccc(F)cc1)N1CCOCC1)NCCS(=O)C(C)(C)C.I. The van der Waals surface area contributed by atoms with E-state index in [4.69, 9.17) is 9.73 Å². The van der Waals surface area contributed by atoms with Crippen LogP contribution in [0.15, 0.2) is 29.3 Å². The van der Waals surface area contributed by atoms with E-state index < -0.39 is 10.8 Å². The lowest BCUT2D eigenvalue weighted by atomic mass is 10.0. The molecule has 0 saturated carbocycles. The number of morpholine rings is 1. The molecule has 2 unspecified atom stereocenters. The first-order chi connectivity index (χ1) is 13.8. The number of hydrogen-bond acceptors (Lipinski definition) is 4. The Hall–Kier alpha value is -0.780. The Labute approximate surface area is 199 Å². The Kier molecular flexibility index (Phi) is 12.3. The third-order valence-corrected chi connectivity index (χ3v) is 6.71. The predicted molar refractivity (Wildman–Crippen MR) is 134 cm³/mol. The molecule has 1 aromatic carbocycles. The second kappa shape index (κ2) is 13.6. The van der Waals surface area contributed by atoms with Gasteiger partial charge in [-0.1, -0.05) is 12.1 Å². The van der Waals surface area contributed by atoms with Crippen molar-refractivity contribution in [1.29, 1.82) is 0 Å². The summed E-state index contributed by atoms with van der Waals surface area (Å²) in [6, 6.07) is 6.71. The van der Waals surface area contributed by atoms with Crippen molar-refractivity contribution in [2.75, 3.05) is 51.7 Å². The summed E-state index contributed by atoms with van der Waals surface area (Å²) >= 11 is 0. The highest BCUT2D eigenvalue weighted by molar-refractivity contribution is 14.0. The molecule has 0 bridgehead atoms. The van der Waals surface area contributed by atoms with Gasteiger partial charge in [-0.25, -0.2) is 4.39 Å². The van der Waals surface area contributed by atoms with Gasteiger partial charge in [-0.05, 0) is 45.4 Å². The third kappa shape index (κ3) is 9.15. The van der Waals surface area contributed by atoms with Gasteiger partial charge >= 0.3 is 0 Å². The van der Waals surface area contributed by atoms with E-state index in [1.54, 1.807) is 0 Å². The molecule has 0 amide bonds. The second-order valence-electron chi connectivity index (χ2n) is 8.02. The lowest BCUT2D eigenvalue weighted by Gasteiger charge is -2.34. The molecule has 1 aromatic rings. The lowest BCUT2D eigenvalue weighted by Crippen LogP contribution is -2.42. The van der Waals surface area contributed by atoms with Crippen LogP contribution in [0.1, 0.15) is 39.3 Å². The highest BCUT2D eigenvalue weighted by atomic mass is 127. The van der Waals surface area contributed by atoms with E-state index in [1.165, 1.54) is 12.1 Å². The van der Waals surface area contributed by atoms with Gasteiger partial charge in [0.05, 0.1) is 25.8 Å². The minimum Gasteiger partial charge on any atom is -0.379 e. The number of nitrogens with zero attached hydrogens (tertiary/aromatic N) is 2. The molecule has 2 rings (SSSR count). The second-order valence-corrected chi connectivity index (χ2v) is 10.3. The maximum absolute atomic E-state index is 13.4. The monoisotopic (exact) mass is 554 g/mol. The first-order valence-corrected chi connectivity index (χ1v) is 11.6. The van der Waals surface area contributed by atoms with Crippen LogP contribution in [0.4, 0.5) is 4.39 Å². The Bertz CT molecular complexity index is 677. The summed E-state index contributed by atoms with van der Waals surface area (Å²) in [5.41, 5.74) is 1.04. The zero-order valence-electron chi connectivity index (χ0n) is 18.4. The topological polar surface area (TPSA) is 66.0 Å². The van der Waals surface area contributed by atoms with Crippen molar-refractivity contribution in [1.82, 2.24) is 15.5 Å². The minimum absolute atomic E-state index is 0. The zero-order valence-corrected chi connectivity index (χ0v) is 21.6. The van der Waals surface area contributed by atoms with Crippen LogP contribution in [0.5, 0.6) is 0 Å². The number of benzene rings is 1. The molecule has 2 N–H and O–H groups in total. The molecule has 1 saturated heterocycles. The molecular formula is C21H36FIN4O2S. The Morgan fingerprint density at radius 3 is 2.43 bits per heavy atom. The zero-order chi connectivity index (χ0) is 21.3. The molecule has 1 aliphatic rings. The molecule has 6 nitrogen and oxygen atoms in total. The Morgan fingerprint density at radius 2 is 1.87 bits per heavy atom. The van der Waals surface area contributed by atoms with E-state index in [1.807, 2.05) is 39.8 Å². The van der Waals surface area contributed by atoms with E-state index in [0.29, 0.717) is 38.0 Å². The summed E-state index contributed by atoms with van der Waals surface area (Å²) in [7, 11) is -0.909. The van der Waals surface area contributed by atoms with E-state index in [-0.39, 0.29) is 40.6 Å². The largest absolute Gasteiger partial charge is 0.379 e. The fourth-order valence-corrected chi connectivity index (χ4v) is 3.99. The maximum Gasteiger partial charge on any atom is 0.191 e. The van der Waals surface area contributed by atoms with Crippen molar-refractivity contribution >= 4 is 40.7 Å². The van der Waals surface area contributed by atoms with Crippen LogP contribution in [0.3, 0.4) is 0 Å². The van der Waals surface area contributed by atoms with Crippen LogP contribution in [0.25, 0.3) is 0 Å². The van der Waals surface area contributed by atoms with Crippen molar-refractivity contribution in [2.24, 2.45) is 4.99 Å². The average molecular weight is 555 g/mol. The first kappa shape index (κ1) is 27.3. The van der Waals surface area contributed by atoms with Gasteiger partial charge in [-0.3, -0.25) is 14.1 Å². The number of ether oxygens (including phenoxy) is 1. The summed E-state index contributed by atoms with van der Waals surface area (Å²) in [5.74, 6) is 1.04. The molecule has 0 radical (unpaired) electrons.